The zero-order chi connectivity index (χ0) is 27.2. The summed E-state index contributed by atoms with van der Waals surface area (Å²) >= 11 is 19.0. The van der Waals surface area contributed by atoms with Gasteiger partial charge >= 0.3 is 0 Å². The monoisotopic (exact) mass is 567 g/mol. The van der Waals surface area contributed by atoms with Crippen molar-refractivity contribution in [1.82, 2.24) is 10.3 Å². The molecule has 0 unspecified atom stereocenters. The average molecular weight is 569 g/mol. The minimum atomic E-state index is -0.406. The van der Waals surface area contributed by atoms with Crippen molar-refractivity contribution in [1.29, 1.82) is 0 Å². The van der Waals surface area contributed by atoms with Crippen molar-refractivity contribution in [3.8, 4) is 5.75 Å². The Bertz CT molecular complexity index is 1520. The van der Waals surface area contributed by atoms with Crippen LogP contribution >= 0.6 is 34.8 Å². The first-order valence-electron chi connectivity index (χ1n) is 11.7. The molecule has 0 spiro atoms. The van der Waals surface area contributed by atoms with Crippen LogP contribution in [0.5, 0.6) is 5.75 Å². The van der Waals surface area contributed by atoms with Gasteiger partial charge in [0, 0.05) is 39.8 Å². The first kappa shape index (κ1) is 27.5. The van der Waals surface area contributed by atoms with E-state index in [0.717, 1.165) is 22.2 Å². The lowest BCUT2D eigenvalue weighted by Gasteiger charge is -2.21. The number of nitrogens with one attached hydrogen (secondary N) is 1. The fourth-order valence-electron chi connectivity index (χ4n) is 3.68. The Labute approximate surface area is 235 Å². The maximum absolute atomic E-state index is 12.8. The average Bonchev–Trinajstić information content (AvgIpc) is 2.91. The standard InChI is InChI=1S/C29H24Cl3N3O3/c1-18-6-10-20-4-3-5-25(29(20)34-18)38-17-22-23(31)13-14-24(28(22)32)35(2)27(37)16-33-26(36)15-9-19-7-11-21(30)12-8-19/h3-15H,16-17H2,1-2H3,(H,33,36). The van der Waals surface area contributed by atoms with Crippen molar-refractivity contribution in [3.63, 3.8) is 0 Å². The summed E-state index contributed by atoms with van der Waals surface area (Å²) in [7, 11) is 1.58. The van der Waals surface area contributed by atoms with E-state index in [-0.39, 0.29) is 24.1 Å². The van der Waals surface area contributed by atoms with Crippen LogP contribution in [-0.2, 0) is 16.2 Å². The summed E-state index contributed by atoms with van der Waals surface area (Å²) < 4.78 is 6.06. The molecule has 3 aromatic carbocycles. The third-order valence-electron chi connectivity index (χ3n) is 5.81. The number of aromatic nitrogens is 1. The molecule has 194 valence electrons. The van der Waals surface area contributed by atoms with Crippen LogP contribution in [0.25, 0.3) is 17.0 Å². The topological polar surface area (TPSA) is 71.5 Å². The van der Waals surface area contributed by atoms with Crippen LogP contribution in [0.3, 0.4) is 0 Å². The van der Waals surface area contributed by atoms with Crippen LogP contribution in [0.15, 0.2) is 72.8 Å². The molecule has 1 N–H and O–H groups in total. The van der Waals surface area contributed by atoms with Crippen molar-refractivity contribution in [3.05, 3.63) is 105 Å². The van der Waals surface area contributed by atoms with E-state index in [1.807, 2.05) is 37.3 Å². The van der Waals surface area contributed by atoms with Crippen molar-refractivity contribution in [2.45, 2.75) is 13.5 Å². The lowest BCUT2D eigenvalue weighted by molar-refractivity contribution is -0.122. The van der Waals surface area contributed by atoms with Crippen LogP contribution in [0, 0.1) is 6.92 Å². The second-order valence-electron chi connectivity index (χ2n) is 8.48. The third kappa shape index (κ3) is 6.64. The molecule has 2 amide bonds. The van der Waals surface area contributed by atoms with Gasteiger partial charge in [0.15, 0.2) is 0 Å². The number of para-hydroxylation sites is 1. The first-order chi connectivity index (χ1) is 18.2. The number of halogens is 3. The number of pyridine rings is 1. The smallest absolute Gasteiger partial charge is 0.246 e. The quantitative estimate of drug-likeness (QED) is 0.235. The Hall–Kier alpha value is -3.58. The molecular weight excluding hydrogens is 545 g/mol. The highest BCUT2D eigenvalue weighted by Crippen LogP contribution is 2.35. The molecule has 0 bridgehead atoms. The Morgan fingerprint density at radius 3 is 2.53 bits per heavy atom. The minimum Gasteiger partial charge on any atom is -0.487 e. The van der Waals surface area contributed by atoms with Crippen molar-refractivity contribution >= 4 is 69.3 Å². The minimum absolute atomic E-state index is 0.0779. The molecule has 6 nitrogen and oxygen atoms in total. The Kier molecular flexibility index (Phi) is 8.89. The number of benzene rings is 3. The first-order valence-corrected chi connectivity index (χ1v) is 12.8. The van der Waals surface area contributed by atoms with E-state index >= 15 is 0 Å². The molecule has 9 heteroatoms. The van der Waals surface area contributed by atoms with Crippen molar-refractivity contribution in [2.75, 3.05) is 18.5 Å². The Morgan fingerprint density at radius 2 is 1.76 bits per heavy atom. The normalized spacial score (nSPS) is 11.1. The van der Waals surface area contributed by atoms with Gasteiger partial charge in [-0.05, 0) is 55.0 Å². The number of carbonyl (C=O) groups excluding carboxylic acids is 2. The summed E-state index contributed by atoms with van der Waals surface area (Å²) in [5.74, 6) is -0.164. The molecule has 4 aromatic rings. The fraction of sp³-hybridized carbons (Fsp3) is 0.138. The summed E-state index contributed by atoms with van der Waals surface area (Å²) in [4.78, 5) is 30.9. The van der Waals surface area contributed by atoms with E-state index in [1.165, 1.54) is 11.0 Å². The van der Waals surface area contributed by atoms with Crippen LogP contribution in [-0.4, -0.2) is 30.4 Å². The number of likely N-dealkylation sites (N-methyl/N-ethyl adjacent to an activating group) is 1. The molecule has 0 aliphatic rings. The molecule has 0 fully saturated rings. The number of rotatable bonds is 8. The van der Waals surface area contributed by atoms with Gasteiger partial charge in [-0.15, -0.1) is 0 Å². The van der Waals surface area contributed by atoms with Gasteiger partial charge in [0.1, 0.15) is 17.9 Å². The van der Waals surface area contributed by atoms with Gasteiger partial charge in [-0.3, -0.25) is 9.59 Å². The Balaban J connectivity index is 1.42. The molecule has 1 heterocycles. The van der Waals surface area contributed by atoms with E-state index in [2.05, 4.69) is 10.3 Å². The summed E-state index contributed by atoms with van der Waals surface area (Å²) in [6.07, 6.45) is 2.99. The molecule has 4 rings (SSSR count). The molecule has 0 aliphatic carbocycles. The van der Waals surface area contributed by atoms with Crippen molar-refractivity contribution in [2.24, 2.45) is 0 Å². The van der Waals surface area contributed by atoms with E-state index in [1.54, 1.807) is 49.5 Å². The molecule has 1 aromatic heterocycles. The van der Waals surface area contributed by atoms with Gasteiger partial charge in [0.2, 0.25) is 11.8 Å². The number of ether oxygens (including phenoxy) is 1. The highest BCUT2D eigenvalue weighted by atomic mass is 35.5. The predicted octanol–water partition coefficient (Wildman–Crippen LogP) is 6.87. The largest absolute Gasteiger partial charge is 0.487 e. The van der Waals surface area contributed by atoms with Gasteiger partial charge in [-0.2, -0.15) is 0 Å². The lowest BCUT2D eigenvalue weighted by atomic mass is 10.1. The molecular formula is C29H24Cl3N3O3. The number of carbonyl (C=O) groups is 2. The molecule has 0 atom stereocenters. The van der Waals surface area contributed by atoms with Gasteiger partial charge in [0.05, 0.1) is 17.3 Å². The molecule has 0 radical (unpaired) electrons. The number of amides is 2. The maximum atomic E-state index is 12.8. The zero-order valence-corrected chi connectivity index (χ0v) is 22.9. The van der Waals surface area contributed by atoms with Gasteiger partial charge in [0.25, 0.3) is 0 Å². The number of anilines is 1. The second-order valence-corrected chi connectivity index (χ2v) is 9.71. The van der Waals surface area contributed by atoms with Crippen LogP contribution in [0.2, 0.25) is 15.1 Å². The number of aryl methyl sites for hydroxylation is 1. The van der Waals surface area contributed by atoms with Crippen molar-refractivity contribution < 1.29 is 14.3 Å². The highest BCUT2D eigenvalue weighted by Gasteiger charge is 2.19. The van der Waals surface area contributed by atoms with E-state index in [9.17, 15) is 9.59 Å². The molecule has 38 heavy (non-hydrogen) atoms. The van der Waals surface area contributed by atoms with Gasteiger partial charge < -0.3 is 15.0 Å². The van der Waals surface area contributed by atoms with Gasteiger partial charge in [-0.25, -0.2) is 4.98 Å². The summed E-state index contributed by atoms with van der Waals surface area (Å²) in [5.41, 5.74) is 3.40. The number of hydrogen-bond acceptors (Lipinski definition) is 4. The van der Waals surface area contributed by atoms with E-state index < -0.39 is 5.91 Å². The second kappa shape index (κ2) is 12.3. The molecule has 0 saturated carbocycles. The van der Waals surface area contributed by atoms with Crippen LogP contribution < -0.4 is 15.0 Å². The maximum Gasteiger partial charge on any atom is 0.246 e. The predicted molar refractivity (Wildman–Crippen MR) is 154 cm³/mol. The van der Waals surface area contributed by atoms with Crippen LogP contribution in [0.1, 0.15) is 16.8 Å². The van der Waals surface area contributed by atoms with Gasteiger partial charge in [-0.1, -0.05) is 65.1 Å². The zero-order valence-electron chi connectivity index (χ0n) is 20.7. The number of fused-ring (bicyclic) bond motifs is 1. The SMILES string of the molecule is Cc1ccc2cccc(OCc3c(Cl)ccc(N(C)C(=O)CNC(=O)C=Cc4ccc(Cl)cc4)c3Cl)c2n1. The fourth-order valence-corrected chi connectivity index (χ4v) is 4.41. The van der Waals surface area contributed by atoms with E-state index in [4.69, 9.17) is 39.5 Å². The summed E-state index contributed by atoms with van der Waals surface area (Å²) in [6.45, 7) is 1.78. The van der Waals surface area contributed by atoms with Crippen LogP contribution in [0.4, 0.5) is 5.69 Å². The Morgan fingerprint density at radius 1 is 1.00 bits per heavy atom. The number of hydrogen-bond donors (Lipinski definition) is 1. The summed E-state index contributed by atoms with van der Waals surface area (Å²) in [6, 6.07) is 19.9. The lowest BCUT2D eigenvalue weighted by Crippen LogP contribution is -2.37. The highest BCUT2D eigenvalue weighted by molar-refractivity contribution is 6.38. The third-order valence-corrected chi connectivity index (χ3v) is 6.83. The molecule has 0 saturated heterocycles. The molecule has 0 aliphatic heterocycles. The number of nitrogens with zero attached hydrogens (tertiary/aromatic N) is 2. The van der Waals surface area contributed by atoms with E-state index in [0.29, 0.717) is 27.0 Å². The summed E-state index contributed by atoms with van der Waals surface area (Å²) in [5, 5.41) is 4.84.